The molecule has 5 amide bonds. The van der Waals surface area contributed by atoms with Gasteiger partial charge in [-0.15, -0.1) is 0 Å². The molecule has 2 atom stereocenters. The van der Waals surface area contributed by atoms with Crippen LogP contribution in [-0.4, -0.2) is 47.4 Å². The number of hydrogen-bond donors (Lipinski definition) is 2. The van der Waals surface area contributed by atoms with Gasteiger partial charge >= 0.3 is 12.2 Å². The number of nitrogens with one attached hydrogen (secondary N) is 2. The van der Waals surface area contributed by atoms with E-state index in [0.29, 0.717) is 15.4 Å². The Morgan fingerprint density at radius 2 is 1.70 bits per heavy atom. The molecule has 172 valence electrons. The number of benzene rings is 2. The number of nitrogens with zero attached hydrogens (tertiary/aromatic N) is 2. The Hall–Kier alpha value is -3.89. The van der Waals surface area contributed by atoms with Crippen LogP contribution in [-0.2, 0) is 19.9 Å². The molecule has 0 aliphatic carbocycles. The second-order valence-corrected chi connectivity index (χ2v) is 7.90. The molecule has 2 aromatic rings. The molecular formula is C22H19F3N4O4. The maximum atomic E-state index is 13.9. The summed E-state index contributed by atoms with van der Waals surface area (Å²) in [5, 5.41) is 4.88. The number of hydrogen-bond acceptors (Lipinski definition) is 4. The first-order chi connectivity index (χ1) is 15.5. The van der Waals surface area contributed by atoms with Gasteiger partial charge in [0.2, 0.25) is 11.8 Å². The van der Waals surface area contributed by atoms with Crippen molar-refractivity contribution in [1.29, 1.82) is 0 Å². The highest BCUT2D eigenvalue weighted by Gasteiger charge is 2.52. The van der Waals surface area contributed by atoms with Gasteiger partial charge in [-0.3, -0.25) is 24.2 Å². The highest BCUT2D eigenvalue weighted by atomic mass is 19.4. The lowest BCUT2D eigenvalue weighted by Crippen LogP contribution is -2.53. The van der Waals surface area contributed by atoms with Crippen molar-refractivity contribution in [2.45, 2.75) is 31.1 Å². The summed E-state index contributed by atoms with van der Waals surface area (Å²) in [4.78, 5) is 51.9. The molecule has 0 spiro atoms. The molecule has 2 aromatic carbocycles. The van der Waals surface area contributed by atoms with Crippen molar-refractivity contribution in [2.24, 2.45) is 0 Å². The van der Waals surface area contributed by atoms with Crippen LogP contribution in [0, 0.1) is 0 Å². The second-order valence-electron chi connectivity index (χ2n) is 7.90. The van der Waals surface area contributed by atoms with E-state index in [4.69, 9.17) is 0 Å². The third-order valence-corrected chi connectivity index (χ3v) is 5.69. The van der Waals surface area contributed by atoms with Gasteiger partial charge in [-0.1, -0.05) is 42.5 Å². The topological polar surface area (TPSA) is 98.8 Å². The number of imide groups is 1. The standard InChI is InChI=1S/C22H19F3N4O4/c1-21(13-7-3-2-4-8-13)19(32)28(20(33)27-21)12-18(31)29-15-10-6-5-9-14(15)26-17(30)11-16(29)22(23,24)25/h2-10,16H,11-12H2,1H3,(H,26,30)(H,27,33). The van der Waals surface area contributed by atoms with Crippen molar-refractivity contribution in [3.8, 4) is 0 Å². The first kappa shape index (κ1) is 22.3. The van der Waals surface area contributed by atoms with Gasteiger partial charge in [0.15, 0.2) is 0 Å². The molecular weight excluding hydrogens is 441 g/mol. The molecule has 2 aliphatic heterocycles. The minimum Gasteiger partial charge on any atom is -0.324 e. The molecule has 4 rings (SSSR count). The fraction of sp³-hybridized carbons (Fsp3) is 0.273. The first-order valence-corrected chi connectivity index (χ1v) is 9.99. The van der Waals surface area contributed by atoms with Gasteiger partial charge in [0.1, 0.15) is 18.1 Å². The third kappa shape index (κ3) is 3.90. The predicted octanol–water partition coefficient (Wildman–Crippen LogP) is 2.76. The minimum atomic E-state index is -4.93. The van der Waals surface area contributed by atoms with Gasteiger partial charge in [0.05, 0.1) is 17.8 Å². The number of halogens is 3. The Kier molecular flexibility index (Phi) is 5.35. The SMILES string of the molecule is CC1(c2ccccc2)NC(=O)N(CC(=O)N2c3ccccc3NC(=O)CC2C(F)(F)F)C1=O. The summed E-state index contributed by atoms with van der Waals surface area (Å²) in [6, 6.07) is 10.5. The molecule has 1 saturated heterocycles. The Morgan fingerprint density at radius 3 is 2.36 bits per heavy atom. The van der Waals surface area contributed by atoms with Gasteiger partial charge in [-0.2, -0.15) is 13.2 Å². The number of fused-ring (bicyclic) bond motifs is 1. The van der Waals surface area contributed by atoms with Gasteiger partial charge in [0.25, 0.3) is 5.91 Å². The summed E-state index contributed by atoms with van der Waals surface area (Å²) < 4.78 is 41.6. The van der Waals surface area contributed by atoms with Crippen molar-refractivity contribution < 1.29 is 32.3 Å². The van der Waals surface area contributed by atoms with Gasteiger partial charge < -0.3 is 10.6 Å². The minimum absolute atomic E-state index is 0.0222. The van der Waals surface area contributed by atoms with Crippen LogP contribution in [0.2, 0.25) is 0 Å². The smallest absolute Gasteiger partial charge is 0.324 e. The molecule has 2 aliphatic rings. The monoisotopic (exact) mass is 460 g/mol. The molecule has 2 unspecified atom stereocenters. The fourth-order valence-electron chi connectivity index (χ4n) is 4.01. The average Bonchev–Trinajstić information content (AvgIpc) is 2.89. The van der Waals surface area contributed by atoms with Crippen LogP contribution in [0.5, 0.6) is 0 Å². The molecule has 0 aromatic heterocycles. The maximum absolute atomic E-state index is 13.9. The van der Waals surface area contributed by atoms with E-state index in [1.807, 2.05) is 0 Å². The lowest BCUT2D eigenvalue weighted by atomic mass is 9.92. The molecule has 1 fully saturated rings. The largest absolute Gasteiger partial charge is 0.409 e. The molecule has 8 nitrogen and oxygen atoms in total. The third-order valence-electron chi connectivity index (χ3n) is 5.69. The number of urea groups is 1. The molecule has 0 radical (unpaired) electrons. The van der Waals surface area contributed by atoms with Crippen LogP contribution in [0.3, 0.4) is 0 Å². The molecule has 2 N–H and O–H groups in total. The normalized spacial score (nSPS) is 23.0. The Labute approximate surface area is 186 Å². The quantitative estimate of drug-likeness (QED) is 0.689. The molecule has 2 heterocycles. The Morgan fingerprint density at radius 1 is 1.06 bits per heavy atom. The van der Waals surface area contributed by atoms with Crippen molar-refractivity contribution in [3.05, 3.63) is 60.2 Å². The number of rotatable bonds is 3. The number of carbonyl (C=O) groups excluding carboxylic acids is 4. The van der Waals surface area contributed by atoms with E-state index in [2.05, 4.69) is 10.6 Å². The summed E-state index contributed by atoms with van der Waals surface area (Å²) in [7, 11) is 0. The van der Waals surface area contributed by atoms with E-state index in [-0.39, 0.29) is 11.4 Å². The van der Waals surface area contributed by atoms with Crippen LogP contribution in [0.25, 0.3) is 0 Å². The summed E-state index contributed by atoms with van der Waals surface area (Å²) in [5.41, 5.74) is -1.17. The number of alkyl halides is 3. The summed E-state index contributed by atoms with van der Waals surface area (Å²) in [5.74, 6) is -2.83. The Bertz CT molecular complexity index is 1140. The van der Waals surface area contributed by atoms with Crippen molar-refractivity contribution in [1.82, 2.24) is 10.2 Å². The highest BCUT2D eigenvalue weighted by molar-refractivity contribution is 6.12. The number of carbonyl (C=O) groups is 4. The van der Waals surface area contributed by atoms with Gasteiger partial charge in [-0.25, -0.2) is 4.79 Å². The zero-order valence-corrected chi connectivity index (χ0v) is 17.3. The van der Waals surface area contributed by atoms with E-state index in [1.165, 1.54) is 31.2 Å². The molecule has 0 saturated carbocycles. The molecule has 11 heteroatoms. The lowest BCUT2D eigenvalue weighted by Gasteiger charge is -2.32. The summed E-state index contributed by atoms with van der Waals surface area (Å²) in [6.45, 7) is 0.525. The molecule has 0 bridgehead atoms. The van der Waals surface area contributed by atoms with E-state index in [0.717, 1.165) is 0 Å². The van der Waals surface area contributed by atoms with E-state index >= 15 is 0 Å². The Balaban J connectivity index is 1.68. The highest BCUT2D eigenvalue weighted by Crippen LogP contribution is 2.38. The number of amides is 5. The van der Waals surface area contributed by atoms with Crippen LogP contribution < -0.4 is 15.5 Å². The van der Waals surface area contributed by atoms with E-state index in [1.54, 1.807) is 30.3 Å². The van der Waals surface area contributed by atoms with Crippen molar-refractivity contribution in [2.75, 3.05) is 16.8 Å². The zero-order chi connectivity index (χ0) is 24.0. The first-order valence-electron chi connectivity index (χ1n) is 9.99. The maximum Gasteiger partial charge on any atom is 0.409 e. The van der Waals surface area contributed by atoms with Crippen LogP contribution in [0.1, 0.15) is 18.9 Å². The zero-order valence-electron chi connectivity index (χ0n) is 17.3. The lowest BCUT2D eigenvalue weighted by molar-refractivity contribution is -0.158. The number of para-hydroxylation sites is 2. The van der Waals surface area contributed by atoms with Gasteiger partial charge in [0, 0.05) is 0 Å². The van der Waals surface area contributed by atoms with Gasteiger partial charge in [-0.05, 0) is 24.6 Å². The number of anilines is 2. The summed E-state index contributed by atoms with van der Waals surface area (Å²) >= 11 is 0. The van der Waals surface area contributed by atoms with Crippen molar-refractivity contribution >= 4 is 35.1 Å². The molecule has 33 heavy (non-hydrogen) atoms. The van der Waals surface area contributed by atoms with E-state index in [9.17, 15) is 32.3 Å². The average molecular weight is 460 g/mol. The van der Waals surface area contributed by atoms with Crippen molar-refractivity contribution in [3.63, 3.8) is 0 Å². The van der Waals surface area contributed by atoms with Crippen LogP contribution in [0.4, 0.5) is 29.3 Å². The van der Waals surface area contributed by atoms with Crippen LogP contribution in [0.15, 0.2) is 54.6 Å². The second kappa shape index (κ2) is 7.91. The fourth-order valence-corrected chi connectivity index (χ4v) is 4.01. The van der Waals surface area contributed by atoms with E-state index < -0.39 is 54.5 Å². The van der Waals surface area contributed by atoms with Crippen LogP contribution >= 0.6 is 0 Å². The predicted molar refractivity (Wildman–Crippen MR) is 111 cm³/mol. The summed E-state index contributed by atoms with van der Waals surface area (Å²) in [6.07, 6.45) is -5.95.